The van der Waals surface area contributed by atoms with Gasteiger partial charge in [0.05, 0.1) is 31.2 Å². The molecule has 0 saturated carbocycles. The second-order valence-corrected chi connectivity index (χ2v) is 5.56. The van der Waals surface area contributed by atoms with Gasteiger partial charge < -0.3 is 9.47 Å². The van der Waals surface area contributed by atoms with Crippen LogP contribution in [0, 0.1) is 0 Å². The third-order valence-corrected chi connectivity index (χ3v) is 3.92. The summed E-state index contributed by atoms with van der Waals surface area (Å²) < 4.78 is 50.8. The lowest BCUT2D eigenvalue weighted by Crippen LogP contribution is -2.08. The lowest BCUT2D eigenvalue weighted by molar-refractivity contribution is -0.141. The highest BCUT2D eigenvalue weighted by atomic mass is 19.4. The van der Waals surface area contributed by atoms with Crippen molar-refractivity contribution in [3.63, 3.8) is 0 Å². The number of carbonyl (C=O) groups is 1. The molecule has 1 aromatic heterocycles. The van der Waals surface area contributed by atoms with Gasteiger partial charge >= 0.3 is 12.1 Å². The molecule has 0 aliphatic rings. The number of hydrogen-bond acceptors (Lipinski definition) is 4. The van der Waals surface area contributed by atoms with Crippen molar-refractivity contribution < 1.29 is 27.4 Å². The molecule has 0 aliphatic heterocycles. The highest BCUT2D eigenvalue weighted by Crippen LogP contribution is 2.36. The number of carbonyl (C=O) groups excluding carboxylic acids is 1. The van der Waals surface area contributed by atoms with Crippen LogP contribution in [-0.4, -0.2) is 30.0 Å². The van der Waals surface area contributed by atoms with Gasteiger partial charge in [0.25, 0.3) is 0 Å². The van der Waals surface area contributed by atoms with Crippen LogP contribution in [0.5, 0.6) is 5.75 Å². The molecule has 0 saturated heterocycles. The number of esters is 1. The van der Waals surface area contributed by atoms with Crippen LogP contribution in [0.3, 0.4) is 0 Å². The van der Waals surface area contributed by atoms with Gasteiger partial charge in [0.2, 0.25) is 0 Å². The highest BCUT2D eigenvalue weighted by molar-refractivity contribution is 5.89. The minimum atomic E-state index is -4.60. The van der Waals surface area contributed by atoms with E-state index in [9.17, 15) is 18.0 Å². The Balaban J connectivity index is 2.17. The summed E-state index contributed by atoms with van der Waals surface area (Å²) in [6.45, 7) is 0. The summed E-state index contributed by atoms with van der Waals surface area (Å²) in [5.41, 5.74) is 0.286. The zero-order valence-corrected chi connectivity index (χ0v) is 14.4. The molecule has 0 fully saturated rings. The summed E-state index contributed by atoms with van der Waals surface area (Å²) in [6, 6.07) is 13.6. The minimum absolute atomic E-state index is 0.214. The van der Waals surface area contributed by atoms with E-state index in [4.69, 9.17) is 4.74 Å². The van der Waals surface area contributed by atoms with E-state index in [1.807, 2.05) is 0 Å². The summed E-state index contributed by atoms with van der Waals surface area (Å²) >= 11 is 0. The number of para-hydroxylation sites is 1. The Kier molecular flexibility index (Phi) is 4.89. The van der Waals surface area contributed by atoms with Gasteiger partial charge in [0, 0.05) is 5.56 Å². The number of ether oxygens (including phenoxy) is 2. The predicted molar refractivity (Wildman–Crippen MR) is 91.9 cm³/mol. The SMILES string of the molecule is COc1ccccc1-c1cc(C(F)(F)F)nn1-c1ccc(C(=O)O[11CH3])cc1. The molecule has 0 aliphatic carbocycles. The molecule has 0 amide bonds. The van der Waals surface area contributed by atoms with Crippen LogP contribution < -0.4 is 4.74 Å². The van der Waals surface area contributed by atoms with Crippen molar-refractivity contribution in [3.8, 4) is 22.7 Å². The second kappa shape index (κ2) is 7.14. The number of methoxy groups -OCH3 is 2. The van der Waals surface area contributed by atoms with Gasteiger partial charge in [-0.1, -0.05) is 12.1 Å². The summed E-state index contributed by atoms with van der Waals surface area (Å²) in [6.07, 6.45) is -4.60. The molecule has 3 aromatic rings. The Labute approximate surface area is 152 Å². The molecule has 1 heterocycles. The van der Waals surface area contributed by atoms with Crippen molar-refractivity contribution in [2.75, 3.05) is 14.2 Å². The molecule has 3 rings (SSSR count). The molecule has 5 nitrogen and oxygen atoms in total. The molecule has 0 bridgehead atoms. The van der Waals surface area contributed by atoms with Gasteiger partial charge in [-0.2, -0.15) is 18.3 Å². The monoisotopic (exact) mass is 375 g/mol. The first kappa shape index (κ1) is 18.5. The molecule has 0 radical (unpaired) electrons. The number of hydrogen-bond donors (Lipinski definition) is 0. The predicted octanol–water partition coefficient (Wildman–Crippen LogP) is 4.35. The average Bonchev–Trinajstić information content (AvgIpc) is 3.13. The lowest BCUT2D eigenvalue weighted by atomic mass is 10.1. The number of benzene rings is 2. The van der Waals surface area contributed by atoms with Crippen LogP contribution in [0.25, 0.3) is 16.9 Å². The van der Waals surface area contributed by atoms with E-state index in [1.165, 1.54) is 43.2 Å². The molecule has 27 heavy (non-hydrogen) atoms. The number of alkyl halides is 3. The van der Waals surface area contributed by atoms with Gasteiger partial charge in [0.1, 0.15) is 5.75 Å². The van der Waals surface area contributed by atoms with Crippen LogP contribution >= 0.6 is 0 Å². The van der Waals surface area contributed by atoms with Crippen molar-refractivity contribution in [1.82, 2.24) is 9.78 Å². The maximum absolute atomic E-state index is 13.2. The molecule has 0 unspecified atom stereocenters. The Morgan fingerprint density at radius 3 is 2.30 bits per heavy atom. The quantitative estimate of drug-likeness (QED) is 0.636. The number of halogens is 3. The van der Waals surface area contributed by atoms with Crippen LogP contribution in [0.1, 0.15) is 16.1 Å². The molecule has 2 aromatic carbocycles. The van der Waals surface area contributed by atoms with E-state index in [-0.39, 0.29) is 11.3 Å². The van der Waals surface area contributed by atoms with E-state index in [1.54, 1.807) is 24.3 Å². The number of rotatable bonds is 4. The smallest absolute Gasteiger partial charge is 0.435 e. The summed E-state index contributed by atoms with van der Waals surface area (Å²) in [5, 5.41) is 3.72. The fourth-order valence-corrected chi connectivity index (χ4v) is 2.62. The van der Waals surface area contributed by atoms with E-state index >= 15 is 0 Å². The Hall–Kier alpha value is -3.29. The third kappa shape index (κ3) is 3.64. The van der Waals surface area contributed by atoms with Crippen molar-refractivity contribution in [3.05, 3.63) is 65.9 Å². The van der Waals surface area contributed by atoms with E-state index in [0.717, 1.165) is 6.07 Å². The van der Waals surface area contributed by atoms with Crippen molar-refractivity contribution in [2.24, 2.45) is 0 Å². The molecular formula is C19H15F3N2O3. The summed E-state index contributed by atoms with van der Waals surface area (Å²) in [4.78, 5) is 11.6. The third-order valence-electron chi connectivity index (χ3n) is 3.92. The largest absolute Gasteiger partial charge is 0.496 e. The standard InChI is InChI=1S/C19H15F3N2O3/c1-26-16-6-4-3-5-14(16)15-11-17(19(20,21)22)23-24(15)13-9-7-12(8-10-13)18(25)27-2/h3-11H,1-2H3/i2-1. The molecule has 8 heteroatoms. The fraction of sp³-hybridized carbons (Fsp3) is 0.158. The van der Waals surface area contributed by atoms with Crippen LogP contribution in [0.2, 0.25) is 0 Å². The lowest BCUT2D eigenvalue weighted by Gasteiger charge is -2.11. The first-order chi connectivity index (χ1) is 12.8. The van der Waals surface area contributed by atoms with Gasteiger partial charge in [-0.3, -0.25) is 0 Å². The molecule has 140 valence electrons. The zero-order chi connectivity index (χ0) is 19.6. The van der Waals surface area contributed by atoms with Crippen molar-refractivity contribution in [2.45, 2.75) is 6.18 Å². The van der Waals surface area contributed by atoms with E-state index in [0.29, 0.717) is 17.0 Å². The number of nitrogens with zero attached hydrogens (tertiary/aromatic N) is 2. The Morgan fingerprint density at radius 2 is 1.70 bits per heavy atom. The molecule has 0 spiro atoms. The molecular weight excluding hydrogens is 360 g/mol. The van der Waals surface area contributed by atoms with Crippen LogP contribution in [0.15, 0.2) is 54.6 Å². The van der Waals surface area contributed by atoms with Crippen LogP contribution in [-0.2, 0) is 10.9 Å². The Bertz CT molecular complexity index is 963. The minimum Gasteiger partial charge on any atom is -0.496 e. The summed E-state index contributed by atoms with van der Waals surface area (Å²) in [5.74, 6) is -0.124. The van der Waals surface area contributed by atoms with Crippen molar-refractivity contribution in [1.29, 1.82) is 0 Å². The normalized spacial score (nSPS) is 11.3. The van der Waals surface area contributed by atoms with Crippen LogP contribution in [0.4, 0.5) is 13.2 Å². The number of aromatic nitrogens is 2. The van der Waals surface area contributed by atoms with Gasteiger partial charge in [-0.25, -0.2) is 9.48 Å². The first-order valence-electron chi connectivity index (χ1n) is 7.84. The Morgan fingerprint density at radius 1 is 1.04 bits per heavy atom. The van der Waals surface area contributed by atoms with Crippen molar-refractivity contribution >= 4 is 5.97 Å². The van der Waals surface area contributed by atoms with E-state index < -0.39 is 17.8 Å². The van der Waals surface area contributed by atoms with Gasteiger partial charge in [0.15, 0.2) is 5.69 Å². The maximum Gasteiger partial charge on any atom is 0.435 e. The van der Waals surface area contributed by atoms with Gasteiger partial charge in [-0.15, -0.1) is 0 Å². The fourth-order valence-electron chi connectivity index (χ4n) is 2.62. The first-order valence-corrected chi connectivity index (χ1v) is 7.84. The zero-order valence-electron chi connectivity index (χ0n) is 14.4. The van der Waals surface area contributed by atoms with E-state index in [2.05, 4.69) is 9.84 Å². The maximum atomic E-state index is 13.2. The molecule has 0 atom stereocenters. The highest BCUT2D eigenvalue weighted by Gasteiger charge is 2.35. The average molecular weight is 375 g/mol. The molecule has 0 N–H and O–H groups in total. The topological polar surface area (TPSA) is 53.4 Å². The van der Waals surface area contributed by atoms with Gasteiger partial charge in [-0.05, 0) is 42.5 Å². The summed E-state index contributed by atoms with van der Waals surface area (Å²) in [7, 11) is 2.69. The second-order valence-electron chi connectivity index (χ2n) is 5.56.